The SMILES string of the molecule is CC1(C)C[C@]2(C)C[C@@H]1C[C@H]2OC(=O)c1ccccc1C(=O)O. The third kappa shape index (κ3) is 2.31. The zero-order valence-electron chi connectivity index (χ0n) is 13.3. The van der Waals surface area contributed by atoms with Gasteiger partial charge in [-0.15, -0.1) is 0 Å². The molecule has 2 aliphatic carbocycles. The van der Waals surface area contributed by atoms with Crippen molar-refractivity contribution in [2.75, 3.05) is 0 Å². The van der Waals surface area contributed by atoms with Crippen LogP contribution < -0.4 is 0 Å². The van der Waals surface area contributed by atoms with E-state index in [0.29, 0.717) is 11.3 Å². The number of rotatable bonds is 3. The Bertz CT molecular complexity index is 634. The first kappa shape index (κ1) is 15.1. The van der Waals surface area contributed by atoms with Crippen molar-refractivity contribution in [3.05, 3.63) is 35.4 Å². The highest BCUT2D eigenvalue weighted by Crippen LogP contribution is 2.63. The van der Waals surface area contributed by atoms with Crippen molar-refractivity contribution in [2.45, 2.75) is 46.1 Å². The summed E-state index contributed by atoms with van der Waals surface area (Å²) in [4.78, 5) is 23.7. The van der Waals surface area contributed by atoms with Gasteiger partial charge in [0.15, 0.2) is 0 Å². The van der Waals surface area contributed by atoms with Crippen molar-refractivity contribution in [3.63, 3.8) is 0 Å². The van der Waals surface area contributed by atoms with Crippen LogP contribution in [0.5, 0.6) is 0 Å². The van der Waals surface area contributed by atoms with E-state index in [-0.39, 0.29) is 22.6 Å². The molecule has 0 heterocycles. The Morgan fingerprint density at radius 3 is 2.32 bits per heavy atom. The largest absolute Gasteiger partial charge is 0.478 e. The van der Waals surface area contributed by atoms with E-state index in [2.05, 4.69) is 20.8 Å². The summed E-state index contributed by atoms with van der Waals surface area (Å²) in [6.07, 6.45) is 2.89. The predicted molar refractivity (Wildman–Crippen MR) is 81.8 cm³/mol. The lowest BCUT2D eigenvalue weighted by atomic mass is 9.71. The van der Waals surface area contributed by atoms with Crippen LogP contribution in [-0.2, 0) is 4.74 Å². The molecule has 2 fully saturated rings. The van der Waals surface area contributed by atoms with Crippen LogP contribution in [0.3, 0.4) is 0 Å². The number of aromatic carboxylic acids is 1. The number of benzene rings is 1. The second-order valence-corrected chi connectivity index (χ2v) is 7.70. The highest BCUT2D eigenvalue weighted by molar-refractivity contribution is 6.02. The smallest absolute Gasteiger partial charge is 0.339 e. The molecule has 3 rings (SSSR count). The van der Waals surface area contributed by atoms with Gasteiger partial charge in [-0.3, -0.25) is 0 Å². The molecule has 2 aliphatic rings. The van der Waals surface area contributed by atoms with Crippen LogP contribution in [0, 0.1) is 16.7 Å². The zero-order chi connectivity index (χ0) is 16.1. The third-order valence-corrected chi connectivity index (χ3v) is 5.58. The molecule has 1 aromatic rings. The Balaban J connectivity index is 1.79. The van der Waals surface area contributed by atoms with Crippen LogP contribution >= 0.6 is 0 Å². The van der Waals surface area contributed by atoms with Crippen LogP contribution in [-0.4, -0.2) is 23.1 Å². The molecule has 0 amide bonds. The highest BCUT2D eigenvalue weighted by atomic mass is 16.5. The maximum atomic E-state index is 12.4. The fraction of sp³-hybridized carbons (Fsp3) is 0.556. The average Bonchev–Trinajstić information content (AvgIpc) is 2.86. The molecule has 0 radical (unpaired) electrons. The quantitative estimate of drug-likeness (QED) is 0.864. The fourth-order valence-electron chi connectivity index (χ4n) is 4.52. The Labute approximate surface area is 130 Å². The Hall–Kier alpha value is -1.84. The minimum atomic E-state index is -1.10. The number of carboxylic acids is 1. The summed E-state index contributed by atoms with van der Waals surface area (Å²) in [6, 6.07) is 6.23. The summed E-state index contributed by atoms with van der Waals surface area (Å²) in [5.74, 6) is -1.05. The van der Waals surface area contributed by atoms with Gasteiger partial charge in [-0.1, -0.05) is 32.9 Å². The van der Waals surface area contributed by atoms with Gasteiger partial charge in [-0.2, -0.15) is 0 Å². The molecule has 0 saturated heterocycles. The normalized spacial score (nSPS) is 32.0. The van der Waals surface area contributed by atoms with E-state index < -0.39 is 11.9 Å². The van der Waals surface area contributed by atoms with E-state index >= 15 is 0 Å². The number of ether oxygens (including phenoxy) is 1. The predicted octanol–water partition coefficient (Wildman–Crippen LogP) is 3.76. The molecule has 2 saturated carbocycles. The standard InChI is InChI=1S/C18H22O4/c1-17(2)10-18(3)9-11(17)8-14(18)22-16(21)13-7-5-4-6-12(13)15(19)20/h4-7,11,14H,8-10H2,1-3H3,(H,19,20)/t11-,14+,18-/m0/s1. The van der Waals surface area contributed by atoms with Crippen LogP contribution in [0.1, 0.15) is 60.7 Å². The maximum Gasteiger partial charge on any atom is 0.339 e. The average molecular weight is 302 g/mol. The minimum Gasteiger partial charge on any atom is -0.478 e. The van der Waals surface area contributed by atoms with Gasteiger partial charge < -0.3 is 9.84 Å². The van der Waals surface area contributed by atoms with Gasteiger partial charge in [0, 0.05) is 5.41 Å². The van der Waals surface area contributed by atoms with Gasteiger partial charge in [0.05, 0.1) is 11.1 Å². The van der Waals surface area contributed by atoms with Crippen LogP contribution in [0.25, 0.3) is 0 Å². The van der Waals surface area contributed by atoms with Crippen molar-refractivity contribution in [1.29, 1.82) is 0 Å². The van der Waals surface area contributed by atoms with E-state index in [0.717, 1.165) is 19.3 Å². The van der Waals surface area contributed by atoms with E-state index in [1.807, 2.05) is 0 Å². The summed E-state index contributed by atoms with van der Waals surface area (Å²) in [7, 11) is 0. The summed E-state index contributed by atoms with van der Waals surface area (Å²) in [5, 5.41) is 9.19. The number of carbonyl (C=O) groups is 2. The molecule has 1 N–H and O–H groups in total. The number of carbonyl (C=O) groups excluding carboxylic acids is 1. The number of esters is 1. The molecule has 0 aromatic heterocycles. The number of hydrogen-bond donors (Lipinski definition) is 1. The number of fused-ring (bicyclic) bond motifs is 2. The van der Waals surface area contributed by atoms with Gasteiger partial charge in [-0.25, -0.2) is 9.59 Å². The van der Waals surface area contributed by atoms with Crippen LogP contribution in [0.2, 0.25) is 0 Å². The topological polar surface area (TPSA) is 63.6 Å². The Morgan fingerprint density at radius 1 is 1.18 bits per heavy atom. The summed E-state index contributed by atoms with van der Waals surface area (Å²) < 4.78 is 5.72. The zero-order valence-corrected chi connectivity index (χ0v) is 13.3. The summed E-state index contributed by atoms with van der Waals surface area (Å²) in [5.41, 5.74) is 0.459. The maximum absolute atomic E-state index is 12.4. The lowest BCUT2D eigenvalue weighted by Gasteiger charge is -2.38. The molecule has 118 valence electrons. The van der Waals surface area contributed by atoms with Gasteiger partial charge >= 0.3 is 11.9 Å². The minimum absolute atomic E-state index is 0.00105. The van der Waals surface area contributed by atoms with Crippen LogP contribution in [0.4, 0.5) is 0 Å². The molecular weight excluding hydrogens is 280 g/mol. The van der Waals surface area contributed by atoms with Crippen molar-refractivity contribution in [3.8, 4) is 0 Å². The second-order valence-electron chi connectivity index (χ2n) is 7.70. The van der Waals surface area contributed by atoms with E-state index in [4.69, 9.17) is 4.74 Å². The first-order valence-corrected chi connectivity index (χ1v) is 7.76. The van der Waals surface area contributed by atoms with Gasteiger partial charge in [0.2, 0.25) is 0 Å². The summed E-state index contributed by atoms with van der Waals surface area (Å²) >= 11 is 0. The first-order valence-electron chi connectivity index (χ1n) is 7.76. The van der Waals surface area contributed by atoms with E-state index in [1.54, 1.807) is 12.1 Å². The molecule has 4 heteroatoms. The van der Waals surface area contributed by atoms with E-state index in [9.17, 15) is 14.7 Å². The lowest BCUT2D eigenvalue weighted by Crippen LogP contribution is -2.37. The number of hydrogen-bond acceptors (Lipinski definition) is 3. The van der Waals surface area contributed by atoms with Gasteiger partial charge in [0.1, 0.15) is 6.10 Å². The second kappa shape index (κ2) is 4.83. The molecule has 0 aliphatic heterocycles. The van der Waals surface area contributed by atoms with Gasteiger partial charge in [-0.05, 0) is 42.7 Å². The Kier molecular flexibility index (Phi) is 3.31. The molecule has 0 spiro atoms. The van der Waals surface area contributed by atoms with Crippen molar-refractivity contribution < 1.29 is 19.4 Å². The molecular formula is C18H22O4. The number of carboxylic acid groups (broad SMARTS) is 1. The van der Waals surface area contributed by atoms with Crippen molar-refractivity contribution in [1.82, 2.24) is 0 Å². The highest BCUT2D eigenvalue weighted by Gasteiger charge is 2.58. The monoisotopic (exact) mass is 302 g/mol. The third-order valence-electron chi connectivity index (χ3n) is 5.58. The fourth-order valence-corrected chi connectivity index (χ4v) is 4.52. The first-order chi connectivity index (χ1) is 10.2. The van der Waals surface area contributed by atoms with Crippen LogP contribution in [0.15, 0.2) is 24.3 Å². The molecule has 3 atom stereocenters. The molecule has 22 heavy (non-hydrogen) atoms. The molecule has 4 nitrogen and oxygen atoms in total. The molecule has 1 aromatic carbocycles. The van der Waals surface area contributed by atoms with E-state index in [1.165, 1.54) is 12.1 Å². The Morgan fingerprint density at radius 2 is 1.82 bits per heavy atom. The van der Waals surface area contributed by atoms with Crippen molar-refractivity contribution >= 4 is 11.9 Å². The summed E-state index contributed by atoms with van der Waals surface area (Å²) in [6.45, 7) is 6.74. The van der Waals surface area contributed by atoms with Gasteiger partial charge in [0.25, 0.3) is 0 Å². The molecule has 2 bridgehead atoms. The molecule has 0 unspecified atom stereocenters. The lowest BCUT2D eigenvalue weighted by molar-refractivity contribution is -0.0222. The van der Waals surface area contributed by atoms with Crippen molar-refractivity contribution in [2.24, 2.45) is 16.7 Å².